The minimum Gasteiger partial charge on any atom is -0.393 e. The van der Waals surface area contributed by atoms with E-state index >= 15 is 0 Å². The van der Waals surface area contributed by atoms with Gasteiger partial charge in [0.2, 0.25) is 0 Å². The fraction of sp³-hybridized carbons (Fsp3) is 0.714. The molecule has 0 fully saturated rings. The molecule has 60 valence electrons. The Bertz CT molecular complexity index is 107. The van der Waals surface area contributed by atoms with Gasteiger partial charge in [-0.1, -0.05) is 6.08 Å². The van der Waals surface area contributed by atoms with Gasteiger partial charge in [-0.3, -0.25) is 0 Å². The highest BCUT2D eigenvalue weighted by Gasteiger charge is 2.29. The monoisotopic (exact) mass is 146 g/mol. The van der Waals surface area contributed by atoms with E-state index in [1.165, 1.54) is 13.2 Å². The highest BCUT2D eigenvalue weighted by molar-refractivity contribution is 4.94. The zero-order chi connectivity index (χ0) is 8.20. The van der Waals surface area contributed by atoms with Gasteiger partial charge in [0.1, 0.15) is 11.7 Å². The summed E-state index contributed by atoms with van der Waals surface area (Å²) in [5.41, 5.74) is -0.915. The highest BCUT2D eigenvalue weighted by Crippen LogP contribution is 2.13. The van der Waals surface area contributed by atoms with Crippen molar-refractivity contribution in [2.24, 2.45) is 0 Å². The summed E-state index contributed by atoms with van der Waals surface area (Å²) < 4.78 is 4.87. The Hall–Kier alpha value is -0.380. The summed E-state index contributed by atoms with van der Waals surface area (Å²) in [7, 11) is 1.43. The lowest BCUT2D eigenvalue weighted by atomic mass is 10.0. The van der Waals surface area contributed by atoms with Crippen LogP contribution in [0.1, 0.15) is 6.92 Å². The van der Waals surface area contributed by atoms with Crippen LogP contribution in [0.5, 0.6) is 0 Å². The van der Waals surface area contributed by atoms with E-state index in [1.54, 1.807) is 6.92 Å². The maximum absolute atomic E-state index is 9.17. The van der Waals surface area contributed by atoms with E-state index < -0.39 is 11.7 Å². The first-order chi connectivity index (χ1) is 4.60. The Morgan fingerprint density at radius 1 is 1.80 bits per heavy atom. The van der Waals surface area contributed by atoms with Crippen molar-refractivity contribution >= 4 is 0 Å². The molecule has 0 spiro atoms. The Balaban J connectivity index is 4.15. The molecule has 10 heavy (non-hydrogen) atoms. The van der Waals surface area contributed by atoms with Crippen molar-refractivity contribution in [1.29, 1.82) is 0 Å². The van der Waals surface area contributed by atoms with Crippen LogP contribution >= 0.6 is 0 Å². The van der Waals surface area contributed by atoms with Crippen molar-refractivity contribution in [1.82, 2.24) is 0 Å². The lowest BCUT2D eigenvalue weighted by Gasteiger charge is -2.28. The number of hydrogen-bond donors (Lipinski definition) is 2. The number of aliphatic hydroxyl groups is 2. The second kappa shape index (κ2) is 3.71. The van der Waals surface area contributed by atoms with Crippen LogP contribution in [0.2, 0.25) is 0 Å². The summed E-state index contributed by atoms with van der Waals surface area (Å²) in [4.78, 5) is 0. The summed E-state index contributed by atoms with van der Waals surface area (Å²) in [5.74, 6) is 0. The van der Waals surface area contributed by atoms with Crippen LogP contribution in [0.25, 0.3) is 0 Å². The molecule has 0 saturated heterocycles. The van der Waals surface area contributed by atoms with Crippen LogP contribution in [0.4, 0.5) is 0 Å². The molecule has 0 aliphatic heterocycles. The third-order valence-corrected chi connectivity index (χ3v) is 1.63. The standard InChI is InChI=1S/C7H14O3/c1-4-6(9)7(2,5-8)10-3/h4,6,8-9H,1,5H2,2-3H3. The summed E-state index contributed by atoms with van der Waals surface area (Å²) in [6.07, 6.45) is 0.502. The first-order valence-corrected chi connectivity index (χ1v) is 3.07. The minimum absolute atomic E-state index is 0.226. The molecular formula is C7H14O3. The fourth-order valence-corrected chi connectivity index (χ4v) is 0.528. The third kappa shape index (κ3) is 1.80. The summed E-state index contributed by atoms with van der Waals surface area (Å²) >= 11 is 0. The van der Waals surface area contributed by atoms with E-state index in [1.807, 2.05) is 0 Å². The molecule has 2 unspecified atom stereocenters. The molecule has 2 atom stereocenters. The zero-order valence-corrected chi connectivity index (χ0v) is 6.37. The topological polar surface area (TPSA) is 49.7 Å². The van der Waals surface area contributed by atoms with Crippen LogP contribution < -0.4 is 0 Å². The molecule has 0 saturated carbocycles. The Morgan fingerprint density at radius 2 is 2.30 bits per heavy atom. The zero-order valence-electron chi connectivity index (χ0n) is 6.37. The maximum atomic E-state index is 9.17. The predicted octanol–water partition coefficient (Wildman–Crippen LogP) is -0.0693. The summed E-state index contributed by atoms with van der Waals surface area (Å²) in [6, 6.07) is 0. The van der Waals surface area contributed by atoms with Crippen LogP contribution in [0, 0.1) is 0 Å². The van der Waals surface area contributed by atoms with Gasteiger partial charge in [-0.05, 0) is 6.92 Å². The van der Waals surface area contributed by atoms with Crippen LogP contribution in [0.3, 0.4) is 0 Å². The van der Waals surface area contributed by atoms with Gasteiger partial charge >= 0.3 is 0 Å². The van der Waals surface area contributed by atoms with Crippen LogP contribution in [-0.4, -0.2) is 35.6 Å². The van der Waals surface area contributed by atoms with Gasteiger partial charge < -0.3 is 14.9 Å². The van der Waals surface area contributed by atoms with Crippen molar-refractivity contribution < 1.29 is 14.9 Å². The molecule has 3 heteroatoms. The molecule has 0 aliphatic rings. The van der Waals surface area contributed by atoms with Gasteiger partial charge in [0.25, 0.3) is 0 Å². The van der Waals surface area contributed by atoms with Crippen molar-refractivity contribution in [3.05, 3.63) is 12.7 Å². The number of aliphatic hydroxyl groups excluding tert-OH is 2. The molecule has 0 amide bonds. The Labute approximate surface area is 60.9 Å². The van der Waals surface area contributed by atoms with Gasteiger partial charge in [-0.25, -0.2) is 0 Å². The average molecular weight is 146 g/mol. The van der Waals surface area contributed by atoms with Gasteiger partial charge in [-0.15, -0.1) is 6.58 Å². The fourth-order valence-electron chi connectivity index (χ4n) is 0.528. The maximum Gasteiger partial charge on any atom is 0.117 e. The van der Waals surface area contributed by atoms with Crippen molar-refractivity contribution in [2.75, 3.05) is 13.7 Å². The summed E-state index contributed by atoms with van der Waals surface area (Å²) in [5, 5.41) is 17.9. The molecule has 0 aliphatic carbocycles. The molecule has 0 aromatic carbocycles. The number of rotatable bonds is 4. The van der Waals surface area contributed by atoms with Crippen molar-refractivity contribution in [2.45, 2.75) is 18.6 Å². The van der Waals surface area contributed by atoms with Gasteiger partial charge in [0.15, 0.2) is 0 Å². The lowest BCUT2D eigenvalue weighted by Crippen LogP contribution is -2.43. The molecule has 0 aromatic heterocycles. The number of ether oxygens (including phenoxy) is 1. The van der Waals surface area contributed by atoms with Crippen LogP contribution in [-0.2, 0) is 4.74 Å². The molecule has 0 radical (unpaired) electrons. The first-order valence-electron chi connectivity index (χ1n) is 3.07. The van der Waals surface area contributed by atoms with E-state index in [0.29, 0.717) is 0 Å². The van der Waals surface area contributed by atoms with Crippen molar-refractivity contribution in [3.8, 4) is 0 Å². The van der Waals surface area contributed by atoms with Crippen molar-refractivity contribution in [3.63, 3.8) is 0 Å². The van der Waals surface area contributed by atoms with E-state index in [-0.39, 0.29) is 6.61 Å². The largest absolute Gasteiger partial charge is 0.393 e. The molecule has 3 nitrogen and oxygen atoms in total. The predicted molar refractivity (Wildman–Crippen MR) is 38.7 cm³/mol. The molecule has 0 bridgehead atoms. The Kier molecular flexibility index (Phi) is 3.57. The molecule has 2 N–H and O–H groups in total. The lowest BCUT2D eigenvalue weighted by molar-refractivity contribution is -0.0993. The normalized spacial score (nSPS) is 19.6. The number of hydrogen-bond acceptors (Lipinski definition) is 3. The summed E-state index contributed by atoms with van der Waals surface area (Å²) in [6.45, 7) is 4.77. The smallest absolute Gasteiger partial charge is 0.117 e. The second-order valence-corrected chi connectivity index (χ2v) is 2.36. The highest BCUT2D eigenvalue weighted by atomic mass is 16.5. The molecule has 0 heterocycles. The SMILES string of the molecule is C=CC(O)C(C)(CO)OC. The van der Waals surface area contributed by atoms with E-state index in [9.17, 15) is 5.11 Å². The molecular weight excluding hydrogens is 132 g/mol. The third-order valence-electron chi connectivity index (χ3n) is 1.63. The van der Waals surface area contributed by atoms with E-state index in [4.69, 9.17) is 9.84 Å². The Morgan fingerprint density at radius 3 is 2.40 bits per heavy atom. The first kappa shape index (κ1) is 9.62. The number of methoxy groups -OCH3 is 1. The van der Waals surface area contributed by atoms with Gasteiger partial charge in [0, 0.05) is 7.11 Å². The average Bonchev–Trinajstić information content (AvgIpc) is 2.01. The van der Waals surface area contributed by atoms with E-state index in [2.05, 4.69) is 6.58 Å². The van der Waals surface area contributed by atoms with Gasteiger partial charge in [-0.2, -0.15) is 0 Å². The minimum atomic E-state index is -0.915. The van der Waals surface area contributed by atoms with Gasteiger partial charge in [0.05, 0.1) is 6.61 Å². The molecule has 0 aromatic rings. The quantitative estimate of drug-likeness (QED) is 0.546. The van der Waals surface area contributed by atoms with Crippen LogP contribution in [0.15, 0.2) is 12.7 Å². The van der Waals surface area contributed by atoms with E-state index in [0.717, 1.165) is 0 Å². The second-order valence-electron chi connectivity index (χ2n) is 2.36. The molecule has 0 rings (SSSR count).